The monoisotopic (exact) mass is 321 g/mol. The van der Waals surface area contributed by atoms with Crippen LogP contribution in [0.1, 0.15) is 41.6 Å². The van der Waals surface area contributed by atoms with Crippen molar-refractivity contribution in [2.24, 2.45) is 11.8 Å². The van der Waals surface area contributed by atoms with E-state index in [1.165, 1.54) is 25.7 Å². The molecule has 0 aliphatic heterocycles. The van der Waals surface area contributed by atoms with Gasteiger partial charge >= 0.3 is 0 Å². The van der Waals surface area contributed by atoms with Gasteiger partial charge in [-0.3, -0.25) is 4.79 Å². The maximum Gasteiger partial charge on any atom is 0.255 e. The van der Waals surface area contributed by atoms with E-state index in [1.807, 2.05) is 25.1 Å². The predicted octanol–water partition coefficient (Wildman–Crippen LogP) is 4.02. The first-order chi connectivity index (χ1) is 9.15. The van der Waals surface area contributed by atoms with E-state index in [2.05, 4.69) is 20.8 Å². The van der Waals surface area contributed by atoms with Crippen LogP contribution in [0.5, 0.6) is 0 Å². The molecule has 0 unspecified atom stereocenters. The van der Waals surface area contributed by atoms with Gasteiger partial charge in [0.1, 0.15) is 0 Å². The largest absolute Gasteiger partial charge is 0.338 e. The number of halogens is 1. The number of benzene rings is 1. The minimum atomic E-state index is 0.203. The molecule has 0 bridgehead atoms. The van der Waals surface area contributed by atoms with Crippen LogP contribution in [0.3, 0.4) is 0 Å². The van der Waals surface area contributed by atoms with E-state index >= 15 is 0 Å². The molecule has 2 aliphatic carbocycles. The summed E-state index contributed by atoms with van der Waals surface area (Å²) in [6, 6.07) is 5.94. The third-order valence-corrected chi connectivity index (χ3v) is 5.11. The molecule has 0 aromatic heterocycles. The Morgan fingerprint density at radius 3 is 2.32 bits per heavy atom. The molecule has 1 amide bonds. The molecule has 0 atom stereocenters. The van der Waals surface area contributed by atoms with Crippen molar-refractivity contribution in [2.45, 2.75) is 32.6 Å². The Bertz CT molecular complexity index is 478. The Labute approximate surface area is 123 Å². The van der Waals surface area contributed by atoms with Gasteiger partial charge in [0.15, 0.2) is 0 Å². The van der Waals surface area contributed by atoms with Crippen LogP contribution in [0.2, 0.25) is 0 Å². The minimum absolute atomic E-state index is 0.203. The molecule has 1 aromatic carbocycles. The molecule has 0 radical (unpaired) electrons. The van der Waals surface area contributed by atoms with Crippen LogP contribution in [-0.4, -0.2) is 23.9 Å². The van der Waals surface area contributed by atoms with Crippen LogP contribution >= 0.6 is 15.9 Å². The predicted molar refractivity (Wildman–Crippen MR) is 80.2 cm³/mol. The number of amides is 1. The molecule has 0 spiro atoms. The van der Waals surface area contributed by atoms with Crippen molar-refractivity contribution in [1.82, 2.24) is 4.90 Å². The lowest BCUT2D eigenvalue weighted by Gasteiger charge is -2.23. The fourth-order valence-electron chi connectivity index (χ4n) is 2.45. The molecule has 19 heavy (non-hydrogen) atoms. The molecule has 0 N–H and O–H groups in total. The van der Waals surface area contributed by atoms with Gasteiger partial charge in [-0.1, -0.05) is 12.1 Å². The van der Waals surface area contributed by atoms with Crippen molar-refractivity contribution in [3.63, 3.8) is 0 Å². The van der Waals surface area contributed by atoms with Gasteiger partial charge in [0, 0.05) is 17.6 Å². The Kier molecular flexibility index (Phi) is 3.66. The third kappa shape index (κ3) is 3.19. The van der Waals surface area contributed by atoms with Crippen molar-refractivity contribution < 1.29 is 4.79 Å². The average molecular weight is 322 g/mol. The number of nitrogens with zero attached hydrogens (tertiary/aromatic N) is 1. The summed E-state index contributed by atoms with van der Waals surface area (Å²) in [7, 11) is 0. The summed E-state index contributed by atoms with van der Waals surface area (Å²) < 4.78 is 0.955. The molecular weight excluding hydrogens is 302 g/mol. The van der Waals surface area contributed by atoms with Crippen LogP contribution in [0.15, 0.2) is 22.7 Å². The van der Waals surface area contributed by atoms with E-state index in [9.17, 15) is 4.79 Å². The van der Waals surface area contributed by atoms with Crippen molar-refractivity contribution >= 4 is 21.8 Å². The summed E-state index contributed by atoms with van der Waals surface area (Å²) in [5.41, 5.74) is 1.95. The summed E-state index contributed by atoms with van der Waals surface area (Å²) >= 11 is 3.57. The molecule has 2 saturated carbocycles. The molecule has 0 heterocycles. The van der Waals surface area contributed by atoms with Gasteiger partial charge in [0.25, 0.3) is 5.91 Å². The van der Waals surface area contributed by atoms with E-state index in [1.54, 1.807) is 0 Å². The zero-order chi connectivity index (χ0) is 13.4. The summed E-state index contributed by atoms with van der Waals surface area (Å²) in [5.74, 6) is 1.71. The third-order valence-electron chi connectivity index (χ3n) is 4.06. The van der Waals surface area contributed by atoms with Crippen molar-refractivity contribution in [1.29, 1.82) is 0 Å². The van der Waals surface area contributed by atoms with Crippen LogP contribution < -0.4 is 0 Å². The van der Waals surface area contributed by atoms with Crippen molar-refractivity contribution in [2.75, 3.05) is 13.1 Å². The molecule has 3 heteroatoms. The zero-order valence-corrected chi connectivity index (χ0v) is 12.9. The van der Waals surface area contributed by atoms with E-state index in [0.29, 0.717) is 0 Å². The van der Waals surface area contributed by atoms with Crippen LogP contribution in [0.4, 0.5) is 0 Å². The average Bonchev–Trinajstić information content (AvgIpc) is 3.26. The minimum Gasteiger partial charge on any atom is -0.338 e. The first-order valence-corrected chi connectivity index (χ1v) is 7.99. The highest BCUT2D eigenvalue weighted by Crippen LogP contribution is 2.35. The quantitative estimate of drug-likeness (QED) is 0.802. The molecule has 0 saturated heterocycles. The molecule has 2 nitrogen and oxygen atoms in total. The summed E-state index contributed by atoms with van der Waals surface area (Å²) in [6.45, 7) is 3.94. The number of aryl methyl sites for hydroxylation is 1. The maximum atomic E-state index is 12.7. The fraction of sp³-hybridized carbons (Fsp3) is 0.562. The Morgan fingerprint density at radius 2 is 1.79 bits per heavy atom. The van der Waals surface area contributed by atoms with Gasteiger partial charge < -0.3 is 4.90 Å². The number of rotatable bonds is 5. The summed E-state index contributed by atoms with van der Waals surface area (Å²) in [6.07, 6.45) is 5.18. The van der Waals surface area contributed by atoms with E-state index in [-0.39, 0.29) is 5.91 Å². The van der Waals surface area contributed by atoms with Crippen molar-refractivity contribution in [3.05, 3.63) is 33.8 Å². The van der Waals surface area contributed by atoms with E-state index < -0.39 is 0 Å². The first kappa shape index (κ1) is 13.2. The smallest absolute Gasteiger partial charge is 0.255 e. The highest BCUT2D eigenvalue weighted by molar-refractivity contribution is 9.10. The number of hydrogen-bond donors (Lipinski definition) is 0. The molecule has 3 rings (SSSR count). The maximum absolute atomic E-state index is 12.7. The van der Waals surface area contributed by atoms with Gasteiger partial charge in [-0.05, 0) is 72.0 Å². The topological polar surface area (TPSA) is 20.3 Å². The number of hydrogen-bond acceptors (Lipinski definition) is 1. The van der Waals surface area contributed by atoms with Gasteiger partial charge in [-0.25, -0.2) is 0 Å². The number of carbonyl (C=O) groups is 1. The normalized spacial score (nSPS) is 18.4. The molecule has 1 aromatic rings. The standard InChI is InChI=1S/C16H20BrNO/c1-11-3-2-4-14(15(11)17)16(19)18(9-12-5-6-12)10-13-7-8-13/h2-4,12-13H,5-10H2,1H3. The van der Waals surface area contributed by atoms with Gasteiger partial charge in [-0.15, -0.1) is 0 Å². The van der Waals surface area contributed by atoms with E-state index in [4.69, 9.17) is 0 Å². The summed E-state index contributed by atoms with van der Waals surface area (Å²) in [5, 5.41) is 0. The fourth-order valence-corrected chi connectivity index (χ4v) is 2.88. The van der Waals surface area contributed by atoms with Crippen LogP contribution in [-0.2, 0) is 0 Å². The molecule has 2 fully saturated rings. The molecule has 102 valence electrons. The molecule has 2 aliphatic rings. The van der Waals surface area contributed by atoms with Gasteiger partial charge in [-0.2, -0.15) is 0 Å². The Morgan fingerprint density at radius 1 is 1.21 bits per heavy atom. The second-order valence-corrected chi connectivity index (χ2v) is 6.83. The van der Waals surface area contributed by atoms with Gasteiger partial charge in [0.05, 0.1) is 5.56 Å². The highest BCUT2D eigenvalue weighted by Gasteiger charge is 2.32. The van der Waals surface area contributed by atoms with Crippen LogP contribution in [0.25, 0.3) is 0 Å². The SMILES string of the molecule is Cc1cccc(C(=O)N(CC2CC2)CC2CC2)c1Br. The second-order valence-electron chi connectivity index (χ2n) is 6.03. The lowest BCUT2D eigenvalue weighted by molar-refractivity contribution is 0.0738. The highest BCUT2D eigenvalue weighted by atomic mass is 79.9. The number of carbonyl (C=O) groups excluding carboxylic acids is 1. The van der Waals surface area contributed by atoms with Crippen molar-refractivity contribution in [3.8, 4) is 0 Å². The summed E-state index contributed by atoms with van der Waals surface area (Å²) in [4.78, 5) is 14.8. The molecular formula is C16H20BrNO. The van der Waals surface area contributed by atoms with Gasteiger partial charge in [0.2, 0.25) is 0 Å². The van der Waals surface area contributed by atoms with E-state index in [0.717, 1.165) is 40.5 Å². The zero-order valence-electron chi connectivity index (χ0n) is 11.4. The lowest BCUT2D eigenvalue weighted by atomic mass is 10.1. The Hall–Kier alpha value is -0.830. The van der Waals surface area contributed by atoms with Crippen LogP contribution in [0, 0.1) is 18.8 Å². The Balaban J connectivity index is 1.79. The lowest BCUT2D eigenvalue weighted by Crippen LogP contribution is -2.35. The second kappa shape index (κ2) is 5.28. The first-order valence-electron chi connectivity index (χ1n) is 7.19.